The fourth-order valence-electron chi connectivity index (χ4n) is 4.50. The Balaban J connectivity index is 2.13. The zero-order valence-corrected chi connectivity index (χ0v) is 22.7. The van der Waals surface area contributed by atoms with Gasteiger partial charge in [0.25, 0.3) is 5.91 Å². The maximum atomic E-state index is 13.1. The summed E-state index contributed by atoms with van der Waals surface area (Å²) in [6, 6.07) is 0.0551. The zero-order chi connectivity index (χ0) is 25.3. The first-order valence-corrected chi connectivity index (χ1v) is 13.6. The molecule has 0 bridgehead atoms. The summed E-state index contributed by atoms with van der Waals surface area (Å²) in [5, 5.41) is 2.98. The van der Waals surface area contributed by atoms with E-state index in [1.165, 1.54) is 0 Å². The molecule has 0 radical (unpaired) electrons. The summed E-state index contributed by atoms with van der Waals surface area (Å²) < 4.78 is 24.3. The first kappa shape index (κ1) is 27.4. The Morgan fingerprint density at radius 2 is 1.45 bits per heavy atom. The summed E-state index contributed by atoms with van der Waals surface area (Å²) in [6.07, 6.45) is 1.73. The van der Waals surface area contributed by atoms with Crippen LogP contribution in [0.15, 0.2) is 0 Å². The van der Waals surface area contributed by atoms with E-state index < -0.39 is 14.6 Å². The van der Waals surface area contributed by atoms with Crippen LogP contribution in [0.3, 0.4) is 0 Å². The summed E-state index contributed by atoms with van der Waals surface area (Å²) in [4.78, 5) is 27.7. The second kappa shape index (κ2) is 10.2. The number of benzene rings is 1. The molecule has 1 saturated heterocycles. The molecule has 7 heteroatoms. The smallest absolute Gasteiger partial charge is 0.252 e. The monoisotopic (exact) mass is 478 g/mol. The number of carbonyl (C=O) groups excluding carboxylic acids is 2. The maximum Gasteiger partial charge on any atom is 0.252 e. The highest BCUT2D eigenvalue weighted by atomic mass is 32.2. The van der Waals surface area contributed by atoms with Crippen molar-refractivity contribution in [1.82, 2.24) is 10.2 Å². The van der Waals surface area contributed by atoms with Crippen molar-refractivity contribution in [3.05, 3.63) is 33.4 Å². The number of nitrogens with zero attached hydrogens (tertiary/aromatic N) is 1. The molecule has 0 spiro atoms. The van der Waals surface area contributed by atoms with Crippen molar-refractivity contribution >= 4 is 21.7 Å². The topological polar surface area (TPSA) is 83.6 Å². The van der Waals surface area contributed by atoms with E-state index in [0.29, 0.717) is 37.9 Å². The third-order valence-electron chi connectivity index (χ3n) is 7.11. The maximum absolute atomic E-state index is 13.1. The lowest BCUT2D eigenvalue weighted by atomic mass is 9.86. The van der Waals surface area contributed by atoms with E-state index in [4.69, 9.17) is 0 Å². The fraction of sp³-hybridized carbons (Fsp3) is 0.692. The molecule has 186 valence electrons. The van der Waals surface area contributed by atoms with E-state index in [1.54, 1.807) is 20.8 Å². The van der Waals surface area contributed by atoms with Gasteiger partial charge in [0.15, 0.2) is 9.84 Å². The Bertz CT molecular complexity index is 983. The van der Waals surface area contributed by atoms with Crippen molar-refractivity contribution in [2.24, 2.45) is 5.92 Å². The highest BCUT2D eigenvalue weighted by Crippen LogP contribution is 2.29. The molecule has 6 nitrogen and oxygen atoms in total. The number of carbonyl (C=O) groups is 2. The molecule has 1 fully saturated rings. The number of piperidine rings is 1. The van der Waals surface area contributed by atoms with Gasteiger partial charge in [-0.3, -0.25) is 9.59 Å². The molecule has 33 heavy (non-hydrogen) atoms. The van der Waals surface area contributed by atoms with Gasteiger partial charge < -0.3 is 10.2 Å². The van der Waals surface area contributed by atoms with Crippen molar-refractivity contribution < 1.29 is 18.0 Å². The van der Waals surface area contributed by atoms with Gasteiger partial charge >= 0.3 is 0 Å². The molecule has 1 aromatic carbocycles. The van der Waals surface area contributed by atoms with Gasteiger partial charge in [-0.2, -0.15) is 0 Å². The third-order valence-corrected chi connectivity index (χ3v) is 9.89. The number of nitrogens with one attached hydrogen (secondary N) is 1. The Kier molecular flexibility index (Phi) is 8.42. The molecule has 2 amide bonds. The molecule has 1 heterocycles. The Hall–Kier alpha value is -1.89. The molecule has 0 unspecified atom stereocenters. The molecular weight excluding hydrogens is 436 g/mol. The lowest BCUT2D eigenvalue weighted by molar-refractivity contribution is -0.131. The molecule has 0 saturated carbocycles. The van der Waals surface area contributed by atoms with Crippen LogP contribution in [0.1, 0.15) is 85.6 Å². The highest BCUT2D eigenvalue weighted by molar-refractivity contribution is 7.92. The summed E-state index contributed by atoms with van der Waals surface area (Å²) in [5.41, 5.74) is 5.53. The summed E-state index contributed by atoms with van der Waals surface area (Å²) in [5.74, 6) is 0.285. The van der Waals surface area contributed by atoms with E-state index >= 15 is 0 Å². The van der Waals surface area contributed by atoms with E-state index in [0.717, 1.165) is 27.8 Å². The molecule has 1 aliphatic rings. The van der Waals surface area contributed by atoms with Crippen molar-refractivity contribution in [1.29, 1.82) is 0 Å². The van der Waals surface area contributed by atoms with Crippen LogP contribution in [-0.4, -0.2) is 54.8 Å². The largest absolute Gasteiger partial charge is 0.350 e. The number of rotatable bonds is 6. The van der Waals surface area contributed by atoms with Crippen molar-refractivity contribution in [3.8, 4) is 0 Å². The first-order chi connectivity index (χ1) is 15.1. The van der Waals surface area contributed by atoms with Gasteiger partial charge in [-0.25, -0.2) is 8.42 Å². The Morgan fingerprint density at radius 1 is 0.970 bits per heavy atom. The molecule has 0 atom stereocenters. The summed E-state index contributed by atoms with van der Waals surface area (Å²) in [6.45, 7) is 18.2. The van der Waals surface area contributed by atoms with Gasteiger partial charge in [-0.05, 0) is 109 Å². The van der Waals surface area contributed by atoms with Gasteiger partial charge in [0, 0.05) is 24.7 Å². The number of likely N-dealkylation sites (tertiary alicyclic amines) is 1. The molecule has 1 aromatic rings. The standard InChI is InChI=1S/C26H42N2O4S/c1-16(2)27-25(30)24-19(5)17(3)22(18(4)20(24)6)14-23(29)28-12-10-21(11-13-28)15-33(31,32)26(7,8)9/h16,21H,10-15H2,1-9H3,(H,27,30). The van der Waals surface area contributed by atoms with Crippen molar-refractivity contribution in [3.63, 3.8) is 0 Å². The van der Waals surface area contributed by atoms with Crippen LogP contribution in [-0.2, 0) is 21.1 Å². The summed E-state index contributed by atoms with van der Waals surface area (Å²) >= 11 is 0. The summed E-state index contributed by atoms with van der Waals surface area (Å²) in [7, 11) is -3.16. The lowest BCUT2D eigenvalue weighted by Gasteiger charge is -2.33. The quantitative estimate of drug-likeness (QED) is 0.668. The minimum atomic E-state index is -3.16. The van der Waals surface area contributed by atoms with Gasteiger partial charge in [0.05, 0.1) is 16.9 Å². The van der Waals surface area contributed by atoms with Gasteiger partial charge in [-0.15, -0.1) is 0 Å². The molecule has 1 N–H and O–H groups in total. The predicted octanol–water partition coefficient (Wildman–Crippen LogP) is 4.05. The van der Waals surface area contributed by atoms with Gasteiger partial charge in [0.1, 0.15) is 0 Å². The third kappa shape index (κ3) is 6.17. The van der Waals surface area contributed by atoms with Gasteiger partial charge in [0.2, 0.25) is 5.91 Å². The van der Waals surface area contributed by atoms with Crippen LogP contribution in [0.25, 0.3) is 0 Å². The van der Waals surface area contributed by atoms with Crippen molar-refractivity contribution in [2.45, 2.75) is 92.4 Å². The average Bonchev–Trinajstić information content (AvgIpc) is 2.68. The minimum absolute atomic E-state index is 0.0551. The van der Waals surface area contributed by atoms with Gasteiger partial charge in [-0.1, -0.05) is 0 Å². The average molecular weight is 479 g/mol. The van der Waals surface area contributed by atoms with Crippen LogP contribution in [0.2, 0.25) is 0 Å². The molecule has 0 aliphatic carbocycles. The Morgan fingerprint density at radius 3 is 1.88 bits per heavy atom. The number of sulfone groups is 1. The van der Waals surface area contributed by atoms with Crippen LogP contribution in [0, 0.1) is 33.6 Å². The van der Waals surface area contributed by atoms with E-state index in [2.05, 4.69) is 5.32 Å². The highest BCUT2D eigenvalue weighted by Gasteiger charge is 2.34. The first-order valence-electron chi connectivity index (χ1n) is 12.0. The molecule has 1 aliphatic heterocycles. The zero-order valence-electron chi connectivity index (χ0n) is 21.9. The van der Waals surface area contributed by atoms with Crippen LogP contribution in [0.5, 0.6) is 0 Å². The molecule has 2 rings (SSSR count). The van der Waals surface area contributed by atoms with Crippen molar-refractivity contribution in [2.75, 3.05) is 18.8 Å². The lowest BCUT2D eigenvalue weighted by Crippen LogP contribution is -2.42. The normalized spacial score (nSPS) is 15.8. The number of hydrogen-bond acceptors (Lipinski definition) is 4. The Labute approximate surface area is 200 Å². The number of amides is 2. The SMILES string of the molecule is Cc1c(C)c(C(=O)NC(C)C)c(C)c(C)c1CC(=O)N1CCC(CS(=O)(=O)C(C)(C)C)CC1. The van der Waals surface area contributed by atoms with Crippen LogP contribution >= 0.6 is 0 Å². The van der Waals surface area contributed by atoms with Crippen LogP contribution in [0.4, 0.5) is 0 Å². The second-order valence-electron chi connectivity index (χ2n) is 10.9. The minimum Gasteiger partial charge on any atom is -0.350 e. The molecule has 0 aromatic heterocycles. The van der Waals surface area contributed by atoms with E-state index in [9.17, 15) is 18.0 Å². The van der Waals surface area contributed by atoms with E-state index in [-0.39, 0.29) is 29.5 Å². The number of hydrogen-bond donors (Lipinski definition) is 1. The predicted molar refractivity (Wildman–Crippen MR) is 135 cm³/mol. The molecular formula is C26H42N2O4S. The van der Waals surface area contributed by atoms with Crippen LogP contribution < -0.4 is 5.32 Å². The van der Waals surface area contributed by atoms with E-state index in [1.807, 2.05) is 46.4 Å². The second-order valence-corrected chi connectivity index (χ2v) is 13.7. The fourth-order valence-corrected chi connectivity index (χ4v) is 5.96.